The molecule has 2 amide bonds. The van der Waals surface area contributed by atoms with Crippen LogP contribution >= 0.6 is 12.6 Å². The fourth-order valence-corrected chi connectivity index (χ4v) is 2.62. The molecule has 0 aromatic heterocycles. The van der Waals surface area contributed by atoms with Crippen LogP contribution in [0.3, 0.4) is 0 Å². The van der Waals surface area contributed by atoms with E-state index in [2.05, 4.69) is 23.0 Å². The summed E-state index contributed by atoms with van der Waals surface area (Å²) in [6, 6.07) is 6.90. The minimum atomic E-state index is -0.555. The molecule has 1 aromatic carbocycles. The minimum Gasteiger partial charge on any atom is -0.444 e. The summed E-state index contributed by atoms with van der Waals surface area (Å²) in [4.78, 5) is 24.2. The summed E-state index contributed by atoms with van der Waals surface area (Å²) in [5.41, 5.74) is 1.49. The van der Waals surface area contributed by atoms with Crippen LogP contribution in [0, 0.1) is 5.92 Å². The molecule has 130 valence electrons. The van der Waals surface area contributed by atoms with Crippen molar-refractivity contribution in [2.45, 2.75) is 39.7 Å². The summed E-state index contributed by atoms with van der Waals surface area (Å²) in [7, 11) is 0. The molecule has 24 heavy (non-hydrogen) atoms. The molecule has 0 spiro atoms. The Balaban J connectivity index is 2.05. The number of hydrogen-bond donors (Lipinski definition) is 2. The zero-order valence-electron chi connectivity index (χ0n) is 14.4. The third-order valence-electron chi connectivity index (χ3n) is 3.44. The highest BCUT2D eigenvalue weighted by atomic mass is 32.1. The number of hydrazone groups is 1. The van der Waals surface area contributed by atoms with E-state index in [9.17, 15) is 9.59 Å². The molecule has 1 atom stereocenters. The number of nitrogens with one attached hydrogen (secondary N) is 1. The van der Waals surface area contributed by atoms with E-state index in [1.54, 1.807) is 45.0 Å². The molecule has 1 N–H and O–H groups in total. The third-order valence-corrected chi connectivity index (χ3v) is 3.70. The van der Waals surface area contributed by atoms with Crippen LogP contribution in [0.2, 0.25) is 0 Å². The predicted octanol–water partition coefficient (Wildman–Crippen LogP) is 3.69. The van der Waals surface area contributed by atoms with Gasteiger partial charge in [-0.1, -0.05) is 0 Å². The number of ether oxygens (including phenoxy) is 1. The Morgan fingerprint density at radius 2 is 1.96 bits per heavy atom. The lowest BCUT2D eigenvalue weighted by Crippen LogP contribution is -2.28. The topological polar surface area (TPSA) is 71.0 Å². The molecule has 0 saturated carbocycles. The highest BCUT2D eigenvalue weighted by Crippen LogP contribution is 2.27. The van der Waals surface area contributed by atoms with Gasteiger partial charge in [0.05, 0.1) is 11.6 Å². The van der Waals surface area contributed by atoms with E-state index in [-0.39, 0.29) is 11.8 Å². The second-order valence-corrected chi connectivity index (χ2v) is 7.08. The molecule has 0 fully saturated rings. The highest BCUT2D eigenvalue weighted by Gasteiger charge is 2.33. The Labute approximate surface area is 147 Å². The maximum Gasteiger partial charge on any atom is 0.412 e. The molecule has 6 nitrogen and oxygen atoms in total. The second kappa shape index (κ2) is 7.25. The predicted molar refractivity (Wildman–Crippen MR) is 98.9 cm³/mol. The number of benzene rings is 1. The lowest BCUT2D eigenvalue weighted by atomic mass is 10.0. The van der Waals surface area contributed by atoms with Gasteiger partial charge in [0.2, 0.25) is 0 Å². The first kappa shape index (κ1) is 18.3. The van der Waals surface area contributed by atoms with Crippen LogP contribution in [0.5, 0.6) is 0 Å². The quantitative estimate of drug-likeness (QED) is 0.814. The molecule has 0 aliphatic carbocycles. The smallest absolute Gasteiger partial charge is 0.412 e. The van der Waals surface area contributed by atoms with Crippen molar-refractivity contribution in [3.63, 3.8) is 0 Å². The van der Waals surface area contributed by atoms with Gasteiger partial charge in [0.15, 0.2) is 0 Å². The number of nitrogens with zero attached hydrogens (tertiary/aromatic N) is 2. The first-order valence-electron chi connectivity index (χ1n) is 7.81. The van der Waals surface area contributed by atoms with E-state index in [1.165, 1.54) is 5.01 Å². The minimum absolute atomic E-state index is 0.0469. The van der Waals surface area contributed by atoms with E-state index < -0.39 is 11.7 Å². The third kappa shape index (κ3) is 4.50. The van der Waals surface area contributed by atoms with Gasteiger partial charge in [-0.25, -0.2) is 9.80 Å². The van der Waals surface area contributed by atoms with E-state index in [4.69, 9.17) is 4.74 Å². The molecule has 7 heteroatoms. The summed E-state index contributed by atoms with van der Waals surface area (Å²) in [6.45, 7) is 7.26. The van der Waals surface area contributed by atoms with E-state index >= 15 is 0 Å². The normalized spacial score (nSPS) is 17.7. The molecular weight excluding hydrogens is 326 g/mol. The number of carbonyl (C=O) groups excluding carboxylic acids is 2. The van der Waals surface area contributed by atoms with Crippen molar-refractivity contribution in [1.82, 2.24) is 0 Å². The van der Waals surface area contributed by atoms with Gasteiger partial charge < -0.3 is 4.74 Å². The fraction of sp³-hybridized carbons (Fsp3) is 0.471. The summed E-state index contributed by atoms with van der Waals surface area (Å²) in [5.74, 6) is 0.382. The zero-order chi connectivity index (χ0) is 17.9. The van der Waals surface area contributed by atoms with Crippen LogP contribution in [0.15, 0.2) is 29.4 Å². The number of thiol groups is 1. The second-order valence-electron chi connectivity index (χ2n) is 6.63. The number of carbonyl (C=O) groups is 2. The van der Waals surface area contributed by atoms with Crippen molar-refractivity contribution in [2.75, 3.05) is 16.1 Å². The monoisotopic (exact) mass is 349 g/mol. The summed E-state index contributed by atoms with van der Waals surface area (Å²) < 4.78 is 5.20. The van der Waals surface area contributed by atoms with E-state index in [1.807, 2.05) is 6.92 Å². The zero-order valence-corrected chi connectivity index (χ0v) is 15.3. The van der Waals surface area contributed by atoms with Crippen LogP contribution in [-0.4, -0.2) is 29.1 Å². The number of rotatable bonds is 4. The summed E-state index contributed by atoms with van der Waals surface area (Å²) in [6.07, 6.45) is 0.154. The first-order chi connectivity index (χ1) is 11.2. The van der Waals surface area contributed by atoms with Gasteiger partial charge in [-0.2, -0.15) is 17.7 Å². The molecule has 1 aromatic rings. The van der Waals surface area contributed by atoms with Crippen LogP contribution in [0.1, 0.15) is 34.1 Å². The van der Waals surface area contributed by atoms with Crippen molar-refractivity contribution in [2.24, 2.45) is 11.0 Å². The Morgan fingerprint density at radius 3 is 2.50 bits per heavy atom. The summed E-state index contributed by atoms with van der Waals surface area (Å²) >= 11 is 4.19. The fourth-order valence-electron chi connectivity index (χ4n) is 2.36. The van der Waals surface area contributed by atoms with Crippen LogP contribution in [0.25, 0.3) is 0 Å². The lowest BCUT2D eigenvalue weighted by molar-refractivity contribution is -0.119. The van der Waals surface area contributed by atoms with E-state index in [0.717, 1.165) is 5.71 Å². The Bertz CT molecular complexity index is 650. The van der Waals surface area contributed by atoms with Crippen molar-refractivity contribution in [3.05, 3.63) is 24.3 Å². The molecule has 1 unspecified atom stereocenters. The SMILES string of the molecule is CC1=NN(c2ccc(NC(=O)OC(C)(C)C)cc2)C(=O)C1CCS. The molecular formula is C17H23N3O3S. The van der Waals surface area contributed by atoms with Gasteiger partial charge in [0.1, 0.15) is 5.60 Å². The van der Waals surface area contributed by atoms with Gasteiger partial charge in [-0.15, -0.1) is 0 Å². The van der Waals surface area contributed by atoms with Crippen LogP contribution in [0.4, 0.5) is 16.2 Å². The van der Waals surface area contributed by atoms with Crippen molar-refractivity contribution >= 4 is 41.7 Å². The van der Waals surface area contributed by atoms with Crippen molar-refractivity contribution < 1.29 is 14.3 Å². The maximum atomic E-state index is 12.4. The average Bonchev–Trinajstić information content (AvgIpc) is 2.74. The Kier molecular flexibility index (Phi) is 5.54. The van der Waals surface area contributed by atoms with Gasteiger partial charge in [-0.05, 0) is 64.1 Å². The lowest BCUT2D eigenvalue weighted by Gasteiger charge is -2.20. The summed E-state index contributed by atoms with van der Waals surface area (Å²) in [5, 5.41) is 8.39. The van der Waals surface area contributed by atoms with Gasteiger partial charge in [-0.3, -0.25) is 10.1 Å². The molecule has 1 heterocycles. The Morgan fingerprint density at radius 1 is 1.33 bits per heavy atom. The molecule has 1 aliphatic heterocycles. The van der Waals surface area contributed by atoms with Crippen molar-refractivity contribution in [3.8, 4) is 0 Å². The standard InChI is InChI=1S/C17H23N3O3S/c1-11-14(9-10-24)15(21)20(19-11)13-7-5-12(6-8-13)18-16(22)23-17(2,3)4/h5-8,14,24H,9-10H2,1-4H3,(H,18,22). The first-order valence-corrected chi connectivity index (χ1v) is 8.44. The van der Waals surface area contributed by atoms with Gasteiger partial charge in [0, 0.05) is 11.4 Å². The average molecular weight is 349 g/mol. The molecule has 1 aliphatic rings. The number of hydrogen-bond acceptors (Lipinski definition) is 5. The molecule has 0 bridgehead atoms. The maximum absolute atomic E-state index is 12.4. The molecule has 0 radical (unpaired) electrons. The number of anilines is 2. The molecule has 0 saturated heterocycles. The largest absolute Gasteiger partial charge is 0.444 e. The van der Waals surface area contributed by atoms with Gasteiger partial charge >= 0.3 is 6.09 Å². The Hall–Kier alpha value is -2.02. The van der Waals surface area contributed by atoms with E-state index in [0.29, 0.717) is 23.5 Å². The van der Waals surface area contributed by atoms with Crippen molar-refractivity contribution in [1.29, 1.82) is 0 Å². The highest BCUT2D eigenvalue weighted by molar-refractivity contribution is 7.80. The molecule has 2 rings (SSSR count). The van der Waals surface area contributed by atoms with Gasteiger partial charge in [0.25, 0.3) is 5.91 Å². The van der Waals surface area contributed by atoms with Crippen LogP contribution < -0.4 is 10.3 Å². The number of amides is 2. The van der Waals surface area contributed by atoms with Crippen LogP contribution in [-0.2, 0) is 9.53 Å².